The van der Waals surface area contributed by atoms with Gasteiger partial charge in [0.15, 0.2) is 15.7 Å². The fraction of sp³-hybridized carbons (Fsp3) is 0.364. The Morgan fingerprint density at radius 3 is 2.57 bits per heavy atom. The van der Waals surface area contributed by atoms with Crippen LogP contribution in [0.5, 0.6) is 5.88 Å². The molecule has 0 aliphatic rings. The molecular weight excluding hydrogens is 494 g/mol. The number of methoxy groups -OCH3 is 1. The first-order valence-electron chi connectivity index (χ1n) is 10.7. The third-order valence-corrected chi connectivity index (χ3v) is 8.03. The van der Waals surface area contributed by atoms with E-state index in [1.165, 1.54) is 19.5 Å². The average Bonchev–Trinajstić information content (AvgIpc) is 3.44. The van der Waals surface area contributed by atoms with Gasteiger partial charge in [0.25, 0.3) is 0 Å². The van der Waals surface area contributed by atoms with Crippen molar-refractivity contribution in [1.29, 1.82) is 0 Å². The second kappa shape index (κ2) is 10.1. The van der Waals surface area contributed by atoms with Gasteiger partial charge in [0.1, 0.15) is 34.5 Å². The molecule has 2 atom stereocenters. The van der Waals surface area contributed by atoms with E-state index in [1.807, 2.05) is 0 Å². The van der Waals surface area contributed by atoms with Gasteiger partial charge in [-0.1, -0.05) is 29.7 Å². The van der Waals surface area contributed by atoms with Crippen LogP contribution in [-0.4, -0.2) is 55.7 Å². The van der Waals surface area contributed by atoms with Gasteiger partial charge in [0.05, 0.1) is 23.9 Å². The van der Waals surface area contributed by atoms with Gasteiger partial charge < -0.3 is 13.8 Å². The molecule has 184 valence electrons. The number of nitrogens with zero attached hydrogens (tertiary/aromatic N) is 7. The summed E-state index contributed by atoms with van der Waals surface area (Å²) in [6.45, 7) is 5.37. The fourth-order valence-corrected chi connectivity index (χ4v) is 5.17. The summed E-state index contributed by atoms with van der Waals surface area (Å²) in [6, 6.07) is 6.99. The van der Waals surface area contributed by atoms with Crippen molar-refractivity contribution in [2.75, 3.05) is 7.11 Å². The van der Waals surface area contributed by atoms with Crippen molar-refractivity contribution >= 4 is 21.4 Å². The van der Waals surface area contributed by atoms with Crippen LogP contribution in [0.25, 0.3) is 11.5 Å². The lowest BCUT2D eigenvalue weighted by molar-refractivity contribution is 0.388. The molecule has 4 aromatic rings. The van der Waals surface area contributed by atoms with Gasteiger partial charge in [-0.15, -0.1) is 10.2 Å². The highest BCUT2D eigenvalue weighted by molar-refractivity contribution is 7.91. The van der Waals surface area contributed by atoms with Crippen LogP contribution in [0, 0.1) is 6.92 Å². The van der Waals surface area contributed by atoms with Gasteiger partial charge in [-0.2, -0.15) is 0 Å². The minimum absolute atomic E-state index is 0.202. The monoisotopic (exact) mass is 517 g/mol. The van der Waals surface area contributed by atoms with Gasteiger partial charge >= 0.3 is 0 Å². The first-order valence-corrected chi connectivity index (χ1v) is 12.8. The topological polar surface area (TPSA) is 139 Å². The molecule has 4 rings (SSSR count). The molecule has 0 amide bonds. The van der Waals surface area contributed by atoms with Crippen molar-refractivity contribution in [2.24, 2.45) is 0 Å². The van der Waals surface area contributed by atoms with E-state index in [0.29, 0.717) is 39.7 Å². The molecule has 35 heavy (non-hydrogen) atoms. The number of aryl methyl sites for hydroxylation is 1. The van der Waals surface area contributed by atoms with Crippen molar-refractivity contribution in [3.8, 4) is 17.4 Å². The van der Waals surface area contributed by atoms with Crippen LogP contribution >= 0.6 is 11.6 Å². The Labute approximate surface area is 207 Å². The summed E-state index contributed by atoms with van der Waals surface area (Å²) in [4.78, 5) is 12.8. The van der Waals surface area contributed by atoms with Crippen molar-refractivity contribution in [3.63, 3.8) is 0 Å². The van der Waals surface area contributed by atoms with Crippen molar-refractivity contribution < 1.29 is 17.7 Å². The molecule has 0 fully saturated rings. The third kappa shape index (κ3) is 5.49. The molecule has 4 heterocycles. The Hall–Kier alpha value is -3.38. The van der Waals surface area contributed by atoms with E-state index in [-0.39, 0.29) is 18.1 Å². The average molecular weight is 518 g/mol. The summed E-state index contributed by atoms with van der Waals surface area (Å²) < 4.78 is 38.9. The highest BCUT2D eigenvalue weighted by Gasteiger charge is 2.32. The molecule has 4 aromatic heterocycles. The van der Waals surface area contributed by atoms with Crippen molar-refractivity contribution in [2.45, 2.75) is 44.2 Å². The van der Waals surface area contributed by atoms with E-state index >= 15 is 0 Å². The Morgan fingerprint density at radius 2 is 1.91 bits per heavy atom. The Morgan fingerprint density at radius 1 is 1.17 bits per heavy atom. The summed E-state index contributed by atoms with van der Waals surface area (Å²) in [5, 5.41) is 12.1. The van der Waals surface area contributed by atoms with Crippen molar-refractivity contribution in [3.05, 3.63) is 64.8 Å². The largest absolute Gasteiger partial charge is 0.481 e. The van der Waals surface area contributed by atoms with Crippen LogP contribution in [0.3, 0.4) is 0 Å². The number of hydrogen-bond donors (Lipinski definition) is 0. The number of ether oxygens (including phenoxy) is 1. The van der Waals surface area contributed by atoms with E-state index < -0.39 is 21.0 Å². The number of pyridine rings is 1. The minimum Gasteiger partial charge on any atom is -0.481 e. The number of halogens is 1. The highest BCUT2D eigenvalue weighted by atomic mass is 35.5. The van der Waals surface area contributed by atoms with E-state index in [9.17, 15) is 8.42 Å². The molecule has 0 N–H and O–H groups in total. The molecule has 0 saturated heterocycles. The molecule has 0 aliphatic carbocycles. The maximum absolute atomic E-state index is 13.4. The van der Waals surface area contributed by atoms with Gasteiger partial charge in [0, 0.05) is 30.4 Å². The van der Waals surface area contributed by atoms with Crippen LogP contribution < -0.4 is 4.74 Å². The lowest BCUT2D eigenvalue weighted by Crippen LogP contribution is -2.27. The highest BCUT2D eigenvalue weighted by Crippen LogP contribution is 2.26. The molecule has 11 nitrogen and oxygen atoms in total. The summed E-state index contributed by atoms with van der Waals surface area (Å²) in [6.07, 6.45) is 2.90. The standard InChI is InChI=1S/C22H24ClN7O4S/c1-13-8-17(29-34-13)11-30-19(27-28-22(30)18-6-5-7-20(26-18)33-4)12-35(31,32)15(3)14(2)21-24-9-16(23)10-25-21/h5-10,14-15H,11-12H2,1-4H3/t14-,15-/m0/s1. The summed E-state index contributed by atoms with van der Waals surface area (Å²) in [5.41, 5.74) is 1.08. The van der Waals surface area contributed by atoms with Crippen molar-refractivity contribution in [1.82, 2.24) is 34.9 Å². The van der Waals surface area contributed by atoms with Crippen LogP contribution in [0.1, 0.15) is 42.9 Å². The molecule has 0 radical (unpaired) electrons. The fourth-order valence-electron chi connectivity index (χ4n) is 3.49. The lowest BCUT2D eigenvalue weighted by Gasteiger charge is -2.19. The molecule has 13 heteroatoms. The molecule has 0 spiro atoms. The van der Waals surface area contributed by atoms with Crippen LogP contribution in [-0.2, 0) is 22.1 Å². The molecule has 0 aromatic carbocycles. The SMILES string of the molecule is COc1cccc(-c2nnc(CS(=O)(=O)[C@@H](C)[C@H](C)c3ncc(Cl)cn3)n2Cc2cc(C)on2)n1. The van der Waals surface area contributed by atoms with Crippen LogP contribution in [0.15, 0.2) is 41.2 Å². The lowest BCUT2D eigenvalue weighted by atomic mass is 10.1. The van der Waals surface area contributed by atoms with E-state index in [4.69, 9.17) is 20.9 Å². The Bertz CT molecular complexity index is 1420. The predicted octanol–water partition coefficient (Wildman–Crippen LogP) is 3.24. The van der Waals surface area contributed by atoms with E-state index in [0.717, 1.165) is 0 Å². The molecular formula is C22H24ClN7O4S. The third-order valence-electron chi connectivity index (χ3n) is 5.63. The molecule has 0 unspecified atom stereocenters. The van der Waals surface area contributed by atoms with Gasteiger partial charge in [-0.25, -0.2) is 23.4 Å². The summed E-state index contributed by atoms with van der Waals surface area (Å²) >= 11 is 5.86. The maximum Gasteiger partial charge on any atom is 0.213 e. The Kier molecular flexibility index (Phi) is 7.13. The summed E-state index contributed by atoms with van der Waals surface area (Å²) in [5.74, 6) is 1.25. The number of hydrogen-bond acceptors (Lipinski definition) is 10. The first-order chi connectivity index (χ1) is 16.7. The van der Waals surface area contributed by atoms with E-state index in [2.05, 4.69) is 30.3 Å². The zero-order valence-corrected chi connectivity index (χ0v) is 21.2. The normalized spacial score (nSPS) is 13.5. The van der Waals surface area contributed by atoms with E-state index in [1.54, 1.807) is 49.6 Å². The quantitative estimate of drug-likeness (QED) is 0.325. The molecule has 0 saturated carbocycles. The van der Waals surface area contributed by atoms with Gasteiger partial charge in [0.2, 0.25) is 5.88 Å². The second-order valence-electron chi connectivity index (χ2n) is 8.08. The number of rotatable bonds is 9. The Balaban J connectivity index is 1.68. The van der Waals surface area contributed by atoms with Gasteiger partial charge in [-0.05, 0) is 19.9 Å². The smallest absolute Gasteiger partial charge is 0.213 e. The number of sulfone groups is 1. The minimum atomic E-state index is -3.69. The van der Waals surface area contributed by atoms with Crippen LogP contribution in [0.4, 0.5) is 0 Å². The zero-order chi connectivity index (χ0) is 25.2. The predicted molar refractivity (Wildman–Crippen MR) is 128 cm³/mol. The molecule has 0 aliphatic heterocycles. The van der Waals surface area contributed by atoms with Gasteiger partial charge in [-0.3, -0.25) is 0 Å². The van der Waals surface area contributed by atoms with Crippen LogP contribution in [0.2, 0.25) is 5.02 Å². The first kappa shape index (κ1) is 24.7. The zero-order valence-electron chi connectivity index (χ0n) is 19.6. The molecule has 0 bridgehead atoms. The number of aromatic nitrogens is 7. The maximum atomic E-state index is 13.4. The summed E-state index contributed by atoms with van der Waals surface area (Å²) in [7, 11) is -2.17. The second-order valence-corrected chi connectivity index (χ2v) is 10.9.